The van der Waals surface area contributed by atoms with Crippen LogP contribution < -0.4 is 5.32 Å². The predicted molar refractivity (Wildman–Crippen MR) is 73.9 cm³/mol. The zero-order chi connectivity index (χ0) is 13.1. The fourth-order valence-corrected chi connectivity index (χ4v) is 2.69. The first-order valence-corrected chi connectivity index (χ1v) is 6.80. The van der Waals surface area contributed by atoms with Gasteiger partial charge in [0.2, 0.25) is 0 Å². The lowest BCUT2D eigenvalue weighted by molar-refractivity contribution is 0.555. The molecular formula is C13H18N4S. The molecule has 0 aliphatic carbocycles. The monoisotopic (exact) mass is 262 g/mol. The minimum absolute atomic E-state index is 0.121. The van der Waals surface area contributed by atoms with Crippen LogP contribution in [0.1, 0.15) is 33.0 Å². The van der Waals surface area contributed by atoms with E-state index in [9.17, 15) is 0 Å². The van der Waals surface area contributed by atoms with Crippen molar-refractivity contribution in [3.8, 4) is 0 Å². The van der Waals surface area contributed by atoms with Crippen LogP contribution in [0.5, 0.6) is 0 Å². The molecule has 0 fully saturated rings. The van der Waals surface area contributed by atoms with Crippen LogP contribution in [0.15, 0.2) is 12.4 Å². The Morgan fingerprint density at radius 2 is 1.89 bits per heavy atom. The summed E-state index contributed by atoms with van der Waals surface area (Å²) in [7, 11) is 1.93. The Kier molecular flexibility index (Phi) is 4.04. The Morgan fingerprint density at radius 3 is 2.39 bits per heavy atom. The third kappa shape index (κ3) is 2.91. The first-order valence-electron chi connectivity index (χ1n) is 5.99. The van der Waals surface area contributed by atoms with Crippen molar-refractivity contribution in [2.45, 2.75) is 33.2 Å². The maximum Gasteiger partial charge on any atom is 0.145 e. The summed E-state index contributed by atoms with van der Waals surface area (Å²) >= 11 is 1.75. The van der Waals surface area contributed by atoms with Crippen LogP contribution in [-0.2, 0) is 6.42 Å². The highest BCUT2D eigenvalue weighted by molar-refractivity contribution is 7.11. The van der Waals surface area contributed by atoms with E-state index in [0.717, 1.165) is 28.5 Å². The number of aryl methyl sites for hydroxylation is 3. The maximum absolute atomic E-state index is 4.56. The molecule has 2 aromatic rings. The predicted octanol–water partition coefficient (Wildman–Crippen LogP) is 2.36. The van der Waals surface area contributed by atoms with Crippen LogP contribution in [0.25, 0.3) is 0 Å². The molecule has 5 heteroatoms. The fraction of sp³-hybridized carbons (Fsp3) is 0.462. The molecule has 1 N–H and O–H groups in total. The second-order valence-electron chi connectivity index (χ2n) is 4.41. The molecule has 2 aromatic heterocycles. The second kappa shape index (κ2) is 5.54. The van der Waals surface area contributed by atoms with Gasteiger partial charge in [-0.05, 0) is 33.4 Å². The summed E-state index contributed by atoms with van der Waals surface area (Å²) in [4.78, 5) is 14.6. The van der Waals surface area contributed by atoms with E-state index in [4.69, 9.17) is 0 Å². The summed E-state index contributed by atoms with van der Waals surface area (Å²) in [6.45, 7) is 6.14. The zero-order valence-electron chi connectivity index (χ0n) is 11.2. The van der Waals surface area contributed by atoms with E-state index in [1.165, 1.54) is 4.88 Å². The molecule has 0 radical (unpaired) electrons. The Hall–Kier alpha value is -1.33. The second-order valence-corrected chi connectivity index (χ2v) is 5.70. The van der Waals surface area contributed by atoms with Crippen molar-refractivity contribution in [1.29, 1.82) is 0 Å². The molecule has 96 valence electrons. The number of rotatable bonds is 4. The first kappa shape index (κ1) is 13.1. The van der Waals surface area contributed by atoms with E-state index in [2.05, 4.69) is 27.2 Å². The van der Waals surface area contributed by atoms with Crippen molar-refractivity contribution in [2.75, 3.05) is 7.05 Å². The summed E-state index contributed by atoms with van der Waals surface area (Å²) in [5, 5.41) is 4.39. The Balaban J connectivity index is 2.16. The van der Waals surface area contributed by atoms with Crippen molar-refractivity contribution in [1.82, 2.24) is 20.3 Å². The van der Waals surface area contributed by atoms with Crippen LogP contribution in [0.3, 0.4) is 0 Å². The first-order chi connectivity index (χ1) is 8.60. The fourth-order valence-electron chi connectivity index (χ4n) is 1.71. The molecule has 0 amide bonds. The number of nitrogens with one attached hydrogen (secondary N) is 1. The smallest absolute Gasteiger partial charge is 0.145 e. The van der Waals surface area contributed by atoms with Gasteiger partial charge in [0, 0.05) is 23.7 Å². The molecule has 0 aromatic carbocycles. The highest BCUT2D eigenvalue weighted by Gasteiger charge is 2.15. The van der Waals surface area contributed by atoms with Crippen molar-refractivity contribution < 1.29 is 0 Å². The van der Waals surface area contributed by atoms with Crippen LogP contribution in [0, 0.1) is 20.8 Å². The molecule has 0 aliphatic heterocycles. The van der Waals surface area contributed by atoms with Crippen molar-refractivity contribution >= 4 is 11.3 Å². The number of hydrogen-bond acceptors (Lipinski definition) is 5. The van der Waals surface area contributed by atoms with Gasteiger partial charge in [0.15, 0.2) is 0 Å². The Morgan fingerprint density at radius 1 is 1.22 bits per heavy atom. The van der Waals surface area contributed by atoms with E-state index < -0.39 is 0 Å². The van der Waals surface area contributed by atoms with Crippen LogP contribution >= 0.6 is 11.3 Å². The zero-order valence-corrected chi connectivity index (χ0v) is 12.0. The normalized spacial score (nSPS) is 12.7. The molecule has 1 unspecified atom stereocenters. The van der Waals surface area contributed by atoms with E-state index in [1.807, 2.05) is 33.3 Å². The molecule has 0 bridgehead atoms. The minimum atomic E-state index is 0.121. The number of aromatic nitrogens is 3. The topological polar surface area (TPSA) is 50.7 Å². The number of likely N-dealkylation sites (N-methyl/N-ethyl adjacent to an activating group) is 1. The average molecular weight is 262 g/mol. The maximum atomic E-state index is 4.56. The molecule has 4 nitrogen and oxygen atoms in total. The lowest BCUT2D eigenvalue weighted by atomic mass is 10.2. The molecule has 2 rings (SSSR count). The van der Waals surface area contributed by atoms with Gasteiger partial charge in [-0.2, -0.15) is 0 Å². The van der Waals surface area contributed by atoms with E-state index >= 15 is 0 Å². The van der Waals surface area contributed by atoms with Gasteiger partial charge in [0.05, 0.1) is 16.7 Å². The number of thiazole rings is 1. The lowest BCUT2D eigenvalue weighted by Gasteiger charge is -2.12. The summed E-state index contributed by atoms with van der Waals surface area (Å²) in [6, 6.07) is 0.121. The molecule has 0 spiro atoms. The summed E-state index contributed by atoms with van der Waals surface area (Å²) in [5.74, 6) is 0.827. The van der Waals surface area contributed by atoms with Gasteiger partial charge in [0.1, 0.15) is 5.82 Å². The Labute approximate surface area is 112 Å². The van der Waals surface area contributed by atoms with Gasteiger partial charge in [-0.1, -0.05) is 0 Å². The van der Waals surface area contributed by atoms with Gasteiger partial charge < -0.3 is 5.32 Å². The summed E-state index contributed by atoms with van der Waals surface area (Å²) in [6.07, 6.45) is 4.54. The molecule has 18 heavy (non-hydrogen) atoms. The number of nitrogens with zero attached hydrogens (tertiary/aromatic N) is 3. The summed E-state index contributed by atoms with van der Waals surface area (Å²) < 4.78 is 0. The van der Waals surface area contributed by atoms with Gasteiger partial charge in [-0.25, -0.2) is 15.0 Å². The molecule has 0 saturated heterocycles. The van der Waals surface area contributed by atoms with Gasteiger partial charge in [0.25, 0.3) is 0 Å². The van der Waals surface area contributed by atoms with Crippen molar-refractivity contribution in [3.63, 3.8) is 0 Å². The van der Waals surface area contributed by atoms with Crippen molar-refractivity contribution in [3.05, 3.63) is 39.4 Å². The third-order valence-electron chi connectivity index (χ3n) is 2.91. The number of hydrogen-bond donors (Lipinski definition) is 1. The largest absolute Gasteiger partial charge is 0.310 e. The van der Waals surface area contributed by atoms with Crippen LogP contribution in [0.4, 0.5) is 0 Å². The van der Waals surface area contributed by atoms with Crippen molar-refractivity contribution in [2.24, 2.45) is 0 Å². The highest BCUT2D eigenvalue weighted by Crippen LogP contribution is 2.21. The molecule has 0 saturated carbocycles. The minimum Gasteiger partial charge on any atom is -0.310 e. The summed E-state index contributed by atoms with van der Waals surface area (Å²) in [5.41, 5.74) is 2.20. The molecule has 0 aliphatic rings. The molecule has 1 atom stereocenters. The standard InChI is InChI=1S/C13H18N4S/c1-8-6-15-13(16-7-8)11(14-4)5-12-17-9(2)10(3)18-12/h6-7,11,14H,5H2,1-4H3. The SMILES string of the molecule is CNC(Cc1nc(C)c(C)s1)c1ncc(C)cn1. The van der Waals surface area contributed by atoms with Gasteiger partial charge in [-0.3, -0.25) is 0 Å². The Bertz CT molecular complexity index is 499. The average Bonchev–Trinajstić information content (AvgIpc) is 2.67. The quantitative estimate of drug-likeness (QED) is 0.919. The molecular weight excluding hydrogens is 244 g/mol. The van der Waals surface area contributed by atoms with Gasteiger partial charge >= 0.3 is 0 Å². The van der Waals surface area contributed by atoms with Crippen LogP contribution in [-0.4, -0.2) is 22.0 Å². The van der Waals surface area contributed by atoms with Gasteiger partial charge in [-0.15, -0.1) is 11.3 Å². The van der Waals surface area contributed by atoms with E-state index in [0.29, 0.717) is 0 Å². The van der Waals surface area contributed by atoms with E-state index in [-0.39, 0.29) is 6.04 Å². The van der Waals surface area contributed by atoms with E-state index in [1.54, 1.807) is 11.3 Å². The van der Waals surface area contributed by atoms with Crippen LogP contribution in [0.2, 0.25) is 0 Å². The third-order valence-corrected chi connectivity index (χ3v) is 4.01. The molecule has 2 heterocycles. The highest BCUT2D eigenvalue weighted by atomic mass is 32.1. The lowest BCUT2D eigenvalue weighted by Crippen LogP contribution is -2.21.